The minimum absolute atomic E-state index is 0.0744. The Hall–Kier alpha value is -1.55. The van der Waals surface area contributed by atoms with Gasteiger partial charge in [-0.15, -0.1) is 0 Å². The number of rotatable bonds is 1. The molecule has 0 bridgehead atoms. The van der Waals surface area contributed by atoms with Crippen molar-refractivity contribution < 1.29 is 19.7 Å². The van der Waals surface area contributed by atoms with Gasteiger partial charge in [-0.2, -0.15) is 0 Å². The summed E-state index contributed by atoms with van der Waals surface area (Å²) in [6.07, 6.45) is 3.86. The Labute approximate surface area is 149 Å². The summed E-state index contributed by atoms with van der Waals surface area (Å²) in [6, 6.07) is 3.74. The zero-order chi connectivity index (χ0) is 17.9. The molecule has 2 fully saturated rings. The molecule has 0 saturated heterocycles. The van der Waals surface area contributed by atoms with Crippen LogP contribution in [0.5, 0.6) is 5.75 Å². The van der Waals surface area contributed by atoms with Gasteiger partial charge in [-0.1, -0.05) is 13.0 Å². The third-order valence-electron chi connectivity index (χ3n) is 7.55. The van der Waals surface area contributed by atoms with Crippen molar-refractivity contribution in [3.05, 3.63) is 28.8 Å². The van der Waals surface area contributed by atoms with Gasteiger partial charge in [-0.25, -0.2) is 0 Å². The summed E-state index contributed by atoms with van der Waals surface area (Å²) >= 11 is 0. The van der Waals surface area contributed by atoms with Crippen molar-refractivity contribution in [1.82, 2.24) is 0 Å². The summed E-state index contributed by atoms with van der Waals surface area (Å²) in [5, 5.41) is 21.4. The number of aliphatic hydroxyl groups is 1. The first-order valence-electron chi connectivity index (χ1n) is 9.45. The number of fused-ring (bicyclic) bond motifs is 5. The number of carbonyl (C=O) groups excluding carboxylic acids is 1. The average Bonchev–Trinajstić information content (AvgIpc) is 2.93. The van der Waals surface area contributed by atoms with E-state index in [-0.39, 0.29) is 23.2 Å². The van der Waals surface area contributed by atoms with Crippen LogP contribution in [0.1, 0.15) is 55.2 Å². The molecule has 1 aromatic rings. The minimum Gasteiger partial charge on any atom is -0.508 e. The SMILES string of the molecule is COC(=O)[C@H]1CCC2C3CCc4c(O)ccc(C)c4C3[C@@H](O)C[C@@]21C. The molecule has 0 aromatic heterocycles. The average molecular weight is 344 g/mol. The number of carbonyl (C=O) groups is 1. The van der Waals surface area contributed by atoms with E-state index in [9.17, 15) is 15.0 Å². The van der Waals surface area contributed by atoms with Crippen LogP contribution in [0, 0.1) is 30.1 Å². The van der Waals surface area contributed by atoms with E-state index in [1.54, 1.807) is 6.07 Å². The van der Waals surface area contributed by atoms with Crippen LogP contribution in [0.2, 0.25) is 0 Å². The summed E-state index contributed by atoms with van der Waals surface area (Å²) in [5.41, 5.74) is 3.15. The topological polar surface area (TPSA) is 66.8 Å². The van der Waals surface area contributed by atoms with Crippen molar-refractivity contribution in [1.29, 1.82) is 0 Å². The Morgan fingerprint density at radius 2 is 2.04 bits per heavy atom. The number of aromatic hydroxyl groups is 1. The van der Waals surface area contributed by atoms with Crippen LogP contribution in [0.25, 0.3) is 0 Å². The molecule has 0 aliphatic heterocycles. The van der Waals surface area contributed by atoms with Gasteiger partial charge in [-0.3, -0.25) is 4.79 Å². The van der Waals surface area contributed by atoms with E-state index in [2.05, 4.69) is 13.8 Å². The minimum atomic E-state index is -0.476. The number of esters is 1. The first-order chi connectivity index (χ1) is 11.9. The molecule has 4 rings (SSSR count). The van der Waals surface area contributed by atoms with E-state index in [1.165, 1.54) is 7.11 Å². The summed E-state index contributed by atoms with van der Waals surface area (Å²) in [4.78, 5) is 12.3. The van der Waals surface area contributed by atoms with Crippen LogP contribution < -0.4 is 0 Å². The van der Waals surface area contributed by atoms with Crippen LogP contribution >= 0.6 is 0 Å². The predicted octanol–water partition coefficient (Wildman–Crippen LogP) is 3.32. The van der Waals surface area contributed by atoms with Crippen molar-refractivity contribution in [2.24, 2.45) is 23.2 Å². The van der Waals surface area contributed by atoms with E-state index in [4.69, 9.17) is 4.74 Å². The maximum absolute atomic E-state index is 12.3. The first kappa shape index (κ1) is 16.9. The van der Waals surface area contributed by atoms with Gasteiger partial charge in [0, 0.05) is 5.92 Å². The molecule has 3 unspecified atom stereocenters. The fourth-order valence-electron chi connectivity index (χ4n) is 6.50. The van der Waals surface area contributed by atoms with Gasteiger partial charge in [0.2, 0.25) is 0 Å². The highest BCUT2D eigenvalue weighted by Gasteiger charge is 2.59. The summed E-state index contributed by atoms with van der Waals surface area (Å²) in [7, 11) is 1.46. The molecule has 0 radical (unpaired) electrons. The molecule has 0 spiro atoms. The fourth-order valence-corrected chi connectivity index (χ4v) is 6.50. The summed E-state index contributed by atoms with van der Waals surface area (Å²) in [6.45, 7) is 4.25. The van der Waals surface area contributed by atoms with Crippen LogP contribution in [0.4, 0.5) is 0 Å². The fraction of sp³-hybridized carbons (Fsp3) is 0.667. The van der Waals surface area contributed by atoms with Crippen molar-refractivity contribution >= 4 is 5.97 Å². The maximum atomic E-state index is 12.3. The van der Waals surface area contributed by atoms with E-state index < -0.39 is 6.10 Å². The molecule has 3 aliphatic carbocycles. The lowest BCUT2D eigenvalue weighted by atomic mass is 9.53. The molecular formula is C21H28O4. The van der Waals surface area contributed by atoms with Crippen molar-refractivity contribution in [2.75, 3.05) is 7.11 Å². The normalized spacial score (nSPS) is 39.3. The number of benzene rings is 1. The number of phenolic OH excluding ortho intramolecular Hbond substituents is 1. The zero-order valence-corrected chi connectivity index (χ0v) is 15.3. The van der Waals surface area contributed by atoms with Gasteiger partial charge in [0.1, 0.15) is 5.75 Å². The van der Waals surface area contributed by atoms with Crippen molar-refractivity contribution in [3.63, 3.8) is 0 Å². The second-order valence-electron chi connectivity index (χ2n) is 8.56. The molecular weight excluding hydrogens is 316 g/mol. The van der Waals surface area contributed by atoms with E-state index >= 15 is 0 Å². The van der Waals surface area contributed by atoms with Crippen LogP contribution in [-0.2, 0) is 16.0 Å². The maximum Gasteiger partial charge on any atom is 0.309 e. The number of phenols is 1. The van der Waals surface area contributed by atoms with Crippen LogP contribution in [-0.4, -0.2) is 29.4 Å². The summed E-state index contributed by atoms with van der Waals surface area (Å²) < 4.78 is 5.06. The molecule has 2 N–H and O–H groups in total. The molecule has 4 nitrogen and oxygen atoms in total. The van der Waals surface area contributed by atoms with Gasteiger partial charge in [-0.05, 0) is 79.0 Å². The second-order valence-corrected chi connectivity index (χ2v) is 8.56. The van der Waals surface area contributed by atoms with Gasteiger partial charge in [0.05, 0.1) is 19.1 Å². The highest BCUT2D eigenvalue weighted by Crippen LogP contribution is 2.63. The molecule has 25 heavy (non-hydrogen) atoms. The molecule has 136 valence electrons. The van der Waals surface area contributed by atoms with Crippen molar-refractivity contribution in [2.45, 2.75) is 58.0 Å². The van der Waals surface area contributed by atoms with Crippen molar-refractivity contribution in [3.8, 4) is 5.75 Å². The molecule has 4 heteroatoms. The Morgan fingerprint density at radius 3 is 2.76 bits per heavy atom. The second kappa shape index (κ2) is 5.73. The Bertz CT molecular complexity index is 712. The van der Waals surface area contributed by atoms with Crippen LogP contribution in [0.15, 0.2) is 12.1 Å². The molecule has 6 atom stereocenters. The molecule has 2 saturated carbocycles. The Kier molecular flexibility index (Phi) is 3.87. The third-order valence-corrected chi connectivity index (χ3v) is 7.55. The first-order valence-corrected chi connectivity index (χ1v) is 9.45. The lowest BCUT2D eigenvalue weighted by Gasteiger charge is -2.53. The standard InChI is InChI=1S/C21H28O4/c1-11-4-9-16(22)13-6-5-12-14-7-8-15(20(24)25-3)21(14,2)10-17(23)19(12)18(11)13/h4,9,12,14-15,17,19,22-23H,5-8,10H2,1-3H3/t12?,14?,15-,17+,19?,21+/m1/s1. The predicted molar refractivity (Wildman–Crippen MR) is 94.4 cm³/mol. The Morgan fingerprint density at radius 1 is 1.28 bits per heavy atom. The largest absolute Gasteiger partial charge is 0.508 e. The molecule has 0 heterocycles. The van der Waals surface area contributed by atoms with E-state index in [0.717, 1.165) is 42.4 Å². The van der Waals surface area contributed by atoms with Gasteiger partial charge < -0.3 is 14.9 Å². The number of methoxy groups -OCH3 is 1. The third kappa shape index (κ3) is 2.26. The number of hydrogen-bond acceptors (Lipinski definition) is 4. The smallest absolute Gasteiger partial charge is 0.309 e. The quantitative estimate of drug-likeness (QED) is 0.767. The molecule has 3 aliphatic rings. The number of aliphatic hydroxyl groups excluding tert-OH is 1. The van der Waals surface area contributed by atoms with E-state index in [1.807, 2.05) is 6.07 Å². The van der Waals surface area contributed by atoms with Crippen LogP contribution in [0.3, 0.4) is 0 Å². The highest BCUT2D eigenvalue weighted by atomic mass is 16.5. The summed E-state index contributed by atoms with van der Waals surface area (Å²) in [5.74, 6) is 1.01. The monoisotopic (exact) mass is 344 g/mol. The molecule has 0 amide bonds. The van der Waals surface area contributed by atoms with Gasteiger partial charge in [0.25, 0.3) is 0 Å². The highest BCUT2D eigenvalue weighted by molar-refractivity contribution is 5.74. The number of hydrogen-bond donors (Lipinski definition) is 2. The van der Waals surface area contributed by atoms with E-state index in [0.29, 0.717) is 24.0 Å². The zero-order valence-electron chi connectivity index (χ0n) is 15.3. The molecule has 1 aromatic carbocycles. The lowest BCUT2D eigenvalue weighted by molar-refractivity contribution is -0.153. The lowest BCUT2D eigenvalue weighted by Crippen LogP contribution is -2.50. The number of aryl methyl sites for hydroxylation is 1. The van der Waals surface area contributed by atoms with Gasteiger partial charge in [0.15, 0.2) is 0 Å². The van der Waals surface area contributed by atoms with Gasteiger partial charge >= 0.3 is 5.97 Å². The number of ether oxygens (including phenoxy) is 1. The Balaban J connectivity index is 1.76.